The fourth-order valence-electron chi connectivity index (χ4n) is 2.61. The SMILES string of the molecule is O=c1ccn(-c2cccc(C(F)(F)F)c2)nc1-c1nnnn1-c1ccccc1. The van der Waals surface area contributed by atoms with E-state index in [4.69, 9.17) is 0 Å². The molecule has 0 radical (unpaired) electrons. The van der Waals surface area contributed by atoms with Gasteiger partial charge in [0.15, 0.2) is 5.69 Å². The van der Waals surface area contributed by atoms with E-state index in [1.165, 1.54) is 33.8 Å². The molecule has 0 saturated heterocycles. The molecule has 0 bridgehead atoms. The van der Waals surface area contributed by atoms with Crippen LogP contribution in [0.15, 0.2) is 71.7 Å². The summed E-state index contributed by atoms with van der Waals surface area (Å²) in [5.74, 6) is 0.0810. The van der Waals surface area contributed by atoms with Crippen molar-refractivity contribution >= 4 is 0 Å². The van der Waals surface area contributed by atoms with E-state index in [-0.39, 0.29) is 17.2 Å². The molecule has 0 N–H and O–H groups in total. The summed E-state index contributed by atoms with van der Waals surface area (Å²) in [7, 11) is 0. The van der Waals surface area contributed by atoms with Crippen LogP contribution in [-0.2, 0) is 6.18 Å². The van der Waals surface area contributed by atoms with Crippen LogP contribution in [0.2, 0.25) is 0 Å². The molecule has 0 atom stereocenters. The van der Waals surface area contributed by atoms with Gasteiger partial charge in [-0.15, -0.1) is 5.10 Å². The number of rotatable bonds is 3. The molecule has 0 aliphatic carbocycles. The Labute approximate surface area is 155 Å². The molecular formula is C18H11F3N6O. The zero-order chi connectivity index (χ0) is 19.7. The van der Waals surface area contributed by atoms with Gasteiger partial charge in [-0.3, -0.25) is 4.79 Å². The number of hydrogen-bond acceptors (Lipinski definition) is 5. The van der Waals surface area contributed by atoms with Crippen molar-refractivity contribution in [3.05, 3.63) is 82.6 Å². The highest BCUT2D eigenvalue weighted by Gasteiger charge is 2.30. The van der Waals surface area contributed by atoms with Crippen molar-refractivity contribution in [1.82, 2.24) is 30.0 Å². The summed E-state index contributed by atoms with van der Waals surface area (Å²) in [5.41, 5.74) is -0.613. The maximum atomic E-state index is 13.0. The van der Waals surface area contributed by atoms with Crippen molar-refractivity contribution < 1.29 is 13.2 Å². The van der Waals surface area contributed by atoms with Gasteiger partial charge in [-0.25, -0.2) is 4.68 Å². The normalized spacial score (nSPS) is 11.5. The lowest BCUT2D eigenvalue weighted by Crippen LogP contribution is -2.16. The summed E-state index contributed by atoms with van der Waals surface area (Å²) in [4.78, 5) is 12.3. The van der Waals surface area contributed by atoms with Crippen molar-refractivity contribution in [1.29, 1.82) is 0 Å². The molecule has 2 aromatic heterocycles. The highest BCUT2D eigenvalue weighted by Crippen LogP contribution is 2.30. The molecule has 0 fully saturated rings. The van der Waals surface area contributed by atoms with E-state index < -0.39 is 17.2 Å². The Balaban J connectivity index is 1.83. The molecule has 7 nitrogen and oxygen atoms in total. The van der Waals surface area contributed by atoms with Crippen LogP contribution in [0, 0.1) is 0 Å². The monoisotopic (exact) mass is 384 g/mol. The molecule has 0 amide bonds. The molecule has 4 aromatic rings. The van der Waals surface area contributed by atoms with Crippen molar-refractivity contribution in [3.63, 3.8) is 0 Å². The highest BCUT2D eigenvalue weighted by molar-refractivity contribution is 5.52. The van der Waals surface area contributed by atoms with E-state index in [0.717, 1.165) is 12.1 Å². The fraction of sp³-hybridized carbons (Fsp3) is 0.0556. The summed E-state index contributed by atoms with van der Waals surface area (Å²) in [6.07, 6.45) is -3.20. The first-order valence-corrected chi connectivity index (χ1v) is 8.05. The van der Waals surface area contributed by atoms with Gasteiger partial charge in [-0.1, -0.05) is 24.3 Å². The van der Waals surface area contributed by atoms with Crippen LogP contribution < -0.4 is 5.43 Å². The van der Waals surface area contributed by atoms with Crippen LogP contribution in [0.25, 0.3) is 22.9 Å². The lowest BCUT2D eigenvalue weighted by atomic mass is 10.2. The third-order valence-corrected chi connectivity index (χ3v) is 3.93. The number of hydrogen-bond donors (Lipinski definition) is 0. The summed E-state index contributed by atoms with van der Waals surface area (Å²) < 4.78 is 41.5. The van der Waals surface area contributed by atoms with Gasteiger partial charge < -0.3 is 0 Å². The Morgan fingerprint density at radius 2 is 1.64 bits per heavy atom. The Bertz CT molecular complexity index is 1180. The molecule has 0 aliphatic heterocycles. The summed E-state index contributed by atoms with van der Waals surface area (Å²) in [6.45, 7) is 0. The van der Waals surface area contributed by atoms with Crippen LogP contribution in [0.3, 0.4) is 0 Å². The molecule has 0 spiro atoms. The predicted octanol–water partition coefficient (Wildman–Crippen LogP) is 2.89. The molecular weight excluding hydrogens is 373 g/mol. The summed E-state index contributed by atoms with van der Waals surface area (Å²) in [5, 5.41) is 15.5. The molecule has 10 heteroatoms. The van der Waals surface area contributed by atoms with Gasteiger partial charge in [0.1, 0.15) is 0 Å². The van der Waals surface area contributed by atoms with Crippen LogP contribution in [0.5, 0.6) is 0 Å². The second kappa shape index (κ2) is 6.72. The highest BCUT2D eigenvalue weighted by atomic mass is 19.4. The minimum atomic E-state index is -4.49. The first-order valence-electron chi connectivity index (χ1n) is 8.05. The standard InChI is InChI=1S/C18H11F3N6O/c19-18(20,21)12-5-4-8-14(11-12)26-10-9-15(28)16(23-26)17-22-24-25-27(17)13-6-2-1-3-7-13/h1-11H. The number of benzene rings is 2. The average molecular weight is 384 g/mol. The molecule has 0 unspecified atom stereocenters. The number of tetrazole rings is 1. The summed E-state index contributed by atoms with van der Waals surface area (Å²) in [6, 6.07) is 14.7. The van der Waals surface area contributed by atoms with Gasteiger partial charge in [0.25, 0.3) is 0 Å². The van der Waals surface area contributed by atoms with Gasteiger partial charge in [0.05, 0.1) is 16.9 Å². The van der Waals surface area contributed by atoms with Crippen LogP contribution in [0.4, 0.5) is 13.2 Å². The lowest BCUT2D eigenvalue weighted by molar-refractivity contribution is -0.137. The van der Waals surface area contributed by atoms with E-state index in [2.05, 4.69) is 20.6 Å². The van der Waals surface area contributed by atoms with E-state index >= 15 is 0 Å². The second-order valence-electron chi connectivity index (χ2n) is 5.77. The van der Waals surface area contributed by atoms with E-state index in [1.54, 1.807) is 24.3 Å². The largest absolute Gasteiger partial charge is 0.416 e. The maximum Gasteiger partial charge on any atom is 0.416 e. The minimum absolute atomic E-state index is 0.0810. The Kier molecular flexibility index (Phi) is 4.22. The number of halogens is 3. The number of para-hydroxylation sites is 1. The van der Waals surface area contributed by atoms with Gasteiger partial charge >= 0.3 is 6.18 Å². The van der Waals surface area contributed by atoms with Gasteiger partial charge in [-0.05, 0) is 40.8 Å². The molecule has 4 rings (SSSR count). The zero-order valence-electron chi connectivity index (χ0n) is 14.1. The first-order chi connectivity index (χ1) is 13.4. The first kappa shape index (κ1) is 17.6. The Hall–Kier alpha value is -3.82. The molecule has 140 valence electrons. The molecule has 2 heterocycles. The third-order valence-electron chi connectivity index (χ3n) is 3.93. The number of nitrogens with zero attached hydrogens (tertiary/aromatic N) is 6. The van der Waals surface area contributed by atoms with Crippen LogP contribution >= 0.6 is 0 Å². The van der Waals surface area contributed by atoms with Crippen molar-refractivity contribution in [2.24, 2.45) is 0 Å². The van der Waals surface area contributed by atoms with Gasteiger partial charge in [0.2, 0.25) is 11.3 Å². The third kappa shape index (κ3) is 3.27. The molecule has 2 aromatic carbocycles. The molecule has 0 saturated carbocycles. The second-order valence-corrected chi connectivity index (χ2v) is 5.77. The van der Waals surface area contributed by atoms with E-state index in [0.29, 0.717) is 5.69 Å². The average Bonchev–Trinajstić information content (AvgIpc) is 3.18. The van der Waals surface area contributed by atoms with E-state index in [9.17, 15) is 18.0 Å². The number of alkyl halides is 3. The topological polar surface area (TPSA) is 78.5 Å². The van der Waals surface area contributed by atoms with Crippen LogP contribution in [0.1, 0.15) is 5.56 Å². The van der Waals surface area contributed by atoms with Crippen molar-refractivity contribution in [2.45, 2.75) is 6.18 Å². The van der Waals surface area contributed by atoms with Crippen molar-refractivity contribution in [3.8, 4) is 22.9 Å². The van der Waals surface area contributed by atoms with E-state index in [1.807, 2.05) is 6.07 Å². The van der Waals surface area contributed by atoms with Gasteiger partial charge in [0, 0.05) is 12.3 Å². The maximum absolute atomic E-state index is 13.0. The predicted molar refractivity (Wildman–Crippen MR) is 93.0 cm³/mol. The van der Waals surface area contributed by atoms with Crippen molar-refractivity contribution in [2.75, 3.05) is 0 Å². The zero-order valence-corrected chi connectivity index (χ0v) is 14.1. The lowest BCUT2D eigenvalue weighted by Gasteiger charge is -2.11. The summed E-state index contributed by atoms with van der Waals surface area (Å²) >= 11 is 0. The Morgan fingerprint density at radius 1 is 0.893 bits per heavy atom. The molecule has 28 heavy (non-hydrogen) atoms. The fourth-order valence-corrected chi connectivity index (χ4v) is 2.61. The van der Waals surface area contributed by atoms with Crippen LogP contribution in [-0.4, -0.2) is 30.0 Å². The Morgan fingerprint density at radius 3 is 2.39 bits per heavy atom. The minimum Gasteiger partial charge on any atom is -0.287 e. The number of aromatic nitrogens is 6. The van der Waals surface area contributed by atoms with Gasteiger partial charge in [-0.2, -0.15) is 23.0 Å². The smallest absolute Gasteiger partial charge is 0.287 e. The molecule has 0 aliphatic rings. The quantitative estimate of drug-likeness (QED) is 0.543.